The molecule has 13 rings (SSSR count). The summed E-state index contributed by atoms with van der Waals surface area (Å²) in [7, 11) is 0. The highest BCUT2D eigenvalue weighted by molar-refractivity contribution is 6.24. The number of pyridine rings is 1. The average molecular weight is 1160 g/mol. The maximum Gasteiger partial charge on any atom is 0.145 e. The molecule has 0 bridgehead atoms. The Balaban J connectivity index is 1.04. The topological polar surface area (TPSA) is 46.7 Å². The smallest absolute Gasteiger partial charge is 0.145 e. The first-order chi connectivity index (χ1) is 44.0. The molecule has 0 fully saturated rings. The summed E-state index contributed by atoms with van der Waals surface area (Å²) in [5, 5.41) is 4.15. The monoisotopic (exact) mass is 1160 g/mol. The van der Waals surface area contributed by atoms with Crippen molar-refractivity contribution in [3.63, 3.8) is 0 Å². The molecule has 1 aliphatic rings. The molecule has 0 aliphatic carbocycles. The standard InChI is InChI=1S/C82H84N4O2/c1-16-82(15,17-2)55-41-42-83-73(48-55)86-70-40-39-64-63-29-21-24-36-72(63)88-77(64)75(70)65-38-37-59(50-71(65)86)87-60-46-54(74-66(80(9,10)11)32-26-33-67(74)81(12,13)14)45-58(49-60)84-51-85(69-35-23-22-34-68(69)84)76-61(52-27-19-18-20-28-52)30-25-31-62(76)53-43-56(78(3,4)5)47-57(44-53)79(6,7)8/h18-50H,16-17,51H2,1-15H3/i18D,19D,20D,27D,28D. The van der Waals surface area contributed by atoms with Gasteiger partial charge < -0.3 is 19.0 Å². The predicted molar refractivity (Wildman–Crippen MR) is 373 cm³/mol. The van der Waals surface area contributed by atoms with Crippen LogP contribution >= 0.6 is 0 Å². The van der Waals surface area contributed by atoms with Crippen molar-refractivity contribution in [2.45, 2.75) is 144 Å². The predicted octanol–water partition coefficient (Wildman–Crippen LogP) is 23.4. The van der Waals surface area contributed by atoms with Crippen molar-refractivity contribution in [2.24, 2.45) is 0 Å². The van der Waals surface area contributed by atoms with Gasteiger partial charge in [-0.05, 0) is 157 Å². The van der Waals surface area contributed by atoms with E-state index < -0.39 is 6.04 Å². The summed E-state index contributed by atoms with van der Waals surface area (Å²) in [6.07, 6.45) is 3.91. The maximum absolute atomic E-state index is 9.51. The summed E-state index contributed by atoms with van der Waals surface area (Å²) in [6, 6.07) is 56.3. The van der Waals surface area contributed by atoms with Crippen LogP contribution in [0, 0.1) is 0 Å². The minimum Gasteiger partial charge on any atom is -0.457 e. The molecule has 88 heavy (non-hydrogen) atoms. The lowest BCUT2D eigenvalue weighted by atomic mass is 9.74. The Morgan fingerprint density at radius 2 is 1.12 bits per heavy atom. The maximum atomic E-state index is 9.51. The molecule has 6 heteroatoms. The fourth-order valence-electron chi connectivity index (χ4n) is 13.3. The summed E-state index contributed by atoms with van der Waals surface area (Å²) < 4.78 is 62.2. The summed E-state index contributed by atoms with van der Waals surface area (Å²) in [5.41, 5.74) is 16.8. The van der Waals surface area contributed by atoms with Crippen molar-refractivity contribution in [3.8, 4) is 50.7 Å². The van der Waals surface area contributed by atoms with E-state index in [9.17, 15) is 2.74 Å². The summed E-state index contributed by atoms with van der Waals surface area (Å²) >= 11 is 0. The van der Waals surface area contributed by atoms with Crippen LogP contribution in [-0.2, 0) is 27.1 Å². The number of fused-ring (bicyclic) bond motifs is 8. The lowest BCUT2D eigenvalue weighted by Gasteiger charge is -2.31. The lowest BCUT2D eigenvalue weighted by molar-refractivity contribution is 0.438. The molecule has 444 valence electrons. The third-order valence-electron chi connectivity index (χ3n) is 18.7. The van der Waals surface area contributed by atoms with Crippen LogP contribution in [0.4, 0.5) is 22.7 Å². The molecule has 6 nitrogen and oxygen atoms in total. The van der Waals surface area contributed by atoms with Gasteiger partial charge in [0.15, 0.2) is 0 Å². The molecule has 0 spiro atoms. The second-order valence-electron chi connectivity index (χ2n) is 28.7. The molecule has 1 aliphatic heterocycles. The number of hydrogen-bond donors (Lipinski definition) is 0. The Bertz CT molecular complexity index is 4890. The first-order valence-corrected chi connectivity index (χ1v) is 31.3. The normalized spacial score (nSPS) is 14.2. The minimum atomic E-state index is -0.433. The first-order valence-electron chi connectivity index (χ1n) is 33.8. The number of aromatic nitrogens is 2. The molecule has 0 atom stereocenters. The Morgan fingerprint density at radius 3 is 1.78 bits per heavy atom. The fraction of sp³-hybridized carbons (Fsp3) is 0.280. The van der Waals surface area contributed by atoms with Crippen molar-refractivity contribution in [3.05, 3.63) is 228 Å². The number of hydrogen-bond acceptors (Lipinski definition) is 5. The van der Waals surface area contributed by atoms with E-state index in [0.717, 1.165) is 107 Å². The number of para-hydroxylation sites is 4. The first kappa shape index (κ1) is 52.3. The van der Waals surface area contributed by atoms with Crippen LogP contribution in [0.15, 0.2) is 205 Å². The third-order valence-corrected chi connectivity index (χ3v) is 18.7. The van der Waals surface area contributed by atoms with Crippen LogP contribution < -0.4 is 14.5 Å². The van der Waals surface area contributed by atoms with Crippen LogP contribution in [0.3, 0.4) is 0 Å². The molecule has 9 aromatic carbocycles. The molecule has 0 N–H and O–H groups in total. The van der Waals surface area contributed by atoms with Crippen LogP contribution in [0.1, 0.15) is 151 Å². The number of nitrogens with zero attached hydrogens (tertiary/aromatic N) is 4. The van der Waals surface area contributed by atoms with Gasteiger partial charge in [-0.2, -0.15) is 0 Å². The fourth-order valence-corrected chi connectivity index (χ4v) is 13.3. The summed E-state index contributed by atoms with van der Waals surface area (Å²) in [5.74, 6) is 2.10. The van der Waals surface area contributed by atoms with E-state index in [-0.39, 0.29) is 56.8 Å². The molecule has 4 heterocycles. The highest BCUT2D eigenvalue weighted by Gasteiger charge is 2.35. The Hall–Kier alpha value is -8.87. The molecule has 0 saturated carbocycles. The van der Waals surface area contributed by atoms with Crippen molar-refractivity contribution in [1.82, 2.24) is 9.55 Å². The van der Waals surface area contributed by atoms with Gasteiger partial charge in [-0.3, -0.25) is 4.57 Å². The second-order valence-corrected chi connectivity index (χ2v) is 28.7. The van der Waals surface area contributed by atoms with Crippen LogP contribution in [0.5, 0.6) is 11.5 Å². The van der Waals surface area contributed by atoms with Gasteiger partial charge in [0, 0.05) is 51.3 Å². The number of furan rings is 1. The van der Waals surface area contributed by atoms with Crippen LogP contribution in [0.25, 0.3) is 82.9 Å². The van der Waals surface area contributed by atoms with Gasteiger partial charge in [0.25, 0.3) is 0 Å². The summed E-state index contributed by atoms with van der Waals surface area (Å²) in [4.78, 5) is 9.74. The van der Waals surface area contributed by atoms with E-state index >= 15 is 0 Å². The van der Waals surface area contributed by atoms with Gasteiger partial charge in [-0.1, -0.05) is 219 Å². The SMILES string of the molecule is [2H]c1c([2H])c([2H])c(-c2cccc(-c3cc(C(C)(C)C)cc(C(C)(C)C)c3)c2N2CN(c3cc(Oc4ccc5c6c7oc8ccccc8c7ccc6n(-c6cc(C(C)(CC)CC)ccn6)c5c4)cc(-c4c(C(C)(C)C)cccc4C(C)(C)C)c3)c3ccccc32)c([2H])c1[2H]. The lowest BCUT2D eigenvalue weighted by Crippen LogP contribution is -2.25. The second kappa shape index (κ2) is 21.5. The molecular weight excluding hydrogens is 1070 g/mol. The Kier molecular flexibility index (Phi) is 12.8. The average Bonchev–Trinajstić information content (AvgIpc) is 1.62. The Labute approximate surface area is 528 Å². The highest BCUT2D eigenvalue weighted by atomic mass is 16.5. The van der Waals surface area contributed by atoms with Crippen molar-refractivity contribution < 1.29 is 16.0 Å². The molecular formula is C82H84N4O2. The van der Waals surface area contributed by atoms with E-state index in [4.69, 9.17) is 18.3 Å². The van der Waals surface area contributed by atoms with E-state index in [0.29, 0.717) is 23.7 Å². The van der Waals surface area contributed by atoms with Gasteiger partial charge in [0.2, 0.25) is 0 Å². The van der Waals surface area contributed by atoms with Gasteiger partial charge in [-0.25, -0.2) is 4.98 Å². The van der Waals surface area contributed by atoms with Crippen LogP contribution in [0.2, 0.25) is 0 Å². The zero-order valence-corrected chi connectivity index (χ0v) is 53.9. The van der Waals surface area contributed by atoms with Crippen LogP contribution in [-0.4, -0.2) is 16.2 Å². The van der Waals surface area contributed by atoms with Crippen molar-refractivity contribution in [1.29, 1.82) is 0 Å². The third kappa shape index (κ3) is 10.2. The van der Waals surface area contributed by atoms with Crippen molar-refractivity contribution >= 4 is 66.5 Å². The van der Waals surface area contributed by atoms with Gasteiger partial charge in [0.05, 0.1) is 40.3 Å². The van der Waals surface area contributed by atoms with E-state index in [2.05, 4.69) is 252 Å². The van der Waals surface area contributed by atoms with Gasteiger partial charge >= 0.3 is 0 Å². The zero-order chi connectivity index (χ0) is 66.2. The number of ether oxygens (including phenoxy) is 1. The quantitative estimate of drug-likeness (QED) is 0.129. The van der Waals surface area contributed by atoms with E-state index in [1.165, 1.54) is 27.8 Å². The van der Waals surface area contributed by atoms with Gasteiger partial charge in [-0.15, -0.1) is 0 Å². The number of anilines is 4. The zero-order valence-electron chi connectivity index (χ0n) is 58.9. The molecule has 0 unspecified atom stereocenters. The number of benzene rings is 9. The molecule has 0 saturated heterocycles. The summed E-state index contributed by atoms with van der Waals surface area (Å²) in [6.45, 7) is 34.2. The molecule has 0 radical (unpaired) electrons. The molecule has 3 aromatic heterocycles. The van der Waals surface area contributed by atoms with Gasteiger partial charge in [0.1, 0.15) is 35.2 Å². The Morgan fingerprint density at radius 1 is 0.500 bits per heavy atom. The molecule has 0 amide bonds. The number of rotatable bonds is 11. The van der Waals surface area contributed by atoms with E-state index in [1.807, 2.05) is 36.5 Å². The highest BCUT2D eigenvalue weighted by Crippen LogP contribution is 2.53. The largest absolute Gasteiger partial charge is 0.457 e. The van der Waals surface area contributed by atoms with Crippen molar-refractivity contribution in [2.75, 3.05) is 16.5 Å². The van der Waals surface area contributed by atoms with E-state index in [1.54, 1.807) is 0 Å². The minimum absolute atomic E-state index is 0.0466. The molecule has 12 aromatic rings.